The van der Waals surface area contributed by atoms with Crippen molar-refractivity contribution in [3.63, 3.8) is 0 Å². The average Bonchev–Trinajstić information content (AvgIpc) is 3.16. The van der Waals surface area contributed by atoms with E-state index in [1.165, 1.54) is 22.1 Å². The third-order valence-electron chi connectivity index (χ3n) is 8.00. The van der Waals surface area contributed by atoms with Crippen LogP contribution in [0.3, 0.4) is 0 Å². The van der Waals surface area contributed by atoms with Crippen LogP contribution < -0.4 is 9.47 Å². The van der Waals surface area contributed by atoms with E-state index in [-0.39, 0.29) is 10.8 Å². The van der Waals surface area contributed by atoms with Crippen LogP contribution in [0.25, 0.3) is 21.7 Å². The standard InChI is InChI=1S/C32H29NO2/c1-31(2)20-32(22-11-7-5-8-12-22,23-13-9-6-10-14-23)29-24-16-15-21-17-27(34-3)28(35-4)18-25(21)30(24)33-19-26(29)31/h5-9,11,13,15-19,22H,12,20H2,1-4H3. The van der Waals surface area contributed by atoms with E-state index in [0.29, 0.717) is 11.7 Å². The largest absolute Gasteiger partial charge is 0.493 e. The highest BCUT2D eigenvalue weighted by molar-refractivity contribution is 6.08. The van der Waals surface area contributed by atoms with Gasteiger partial charge in [0.2, 0.25) is 0 Å². The Balaban J connectivity index is 1.73. The van der Waals surface area contributed by atoms with Crippen LogP contribution >= 0.6 is 0 Å². The summed E-state index contributed by atoms with van der Waals surface area (Å²) in [5, 5.41) is 3.36. The van der Waals surface area contributed by atoms with E-state index in [0.717, 1.165) is 34.9 Å². The molecule has 0 saturated heterocycles. The van der Waals surface area contributed by atoms with E-state index in [4.69, 9.17) is 14.5 Å². The van der Waals surface area contributed by atoms with Crippen LogP contribution in [0.2, 0.25) is 0 Å². The van der Waals surface area contributed by atoms with Gasteiger partial charge in [-0.1, -0.05) is 68.5 Å². The minimum absolute atomic E-state index is 0.0260. The highest BCUT2D eigenvalue weighted by Crippen LogP contribution is 2.59. The zero-order chi connectivity index (χ0) is 24.2. The highest BCUT2D eigenvalue weighted by atomic mass is 16.5. The molecular weight excluding hydrogens is 430 g/mol. The summed E-state index contributed by atoms with van der Waals surface area (Å²) in [5.74, 6) is 1.77. The van der Waals surface area contributed by atoms with Crippen molar-refractivity contribution in [3.8, 4) is 11.5 Å². The Kier molecular flexibility index (Phi) is 4.90. The maximum atomic E-state index is 5.65. The molecule has 0 radical (unpaired) electrons. The van der Waals surface area contributed by atoms with Gasteiger partial charge in [0.15, 0.2) is 11.5 Å². The number of benzene rings is 2. The normalized spacial score (nSPS) is 22.2. The third kappa shape index (κ3) is 3.09. The van der Waals surface area contributed by atoms with Gasteiger partial charge >= 0.3 is 0 Å². The van der Waals surface area contributed by atoms with E-state index in [1.54, 1.807) is 14.2 Å². The van der Waals surface area contributed by atoms with Crippen molar-refractivity contribution in [2.75, 3.05) is 14.2 Å². The lowest BCUT2D eigenvalue weighted by Gasteiger charge is -2.39. The van der Waals surface area contributed by atoms with Gasteiger partial charge in [0.05, 0.1) is 19.7 Å². The maximum absolute atomic E-state index is 5.65. The van der Waals surface area contributed by atoms with Gasteiger partial charge in [0.1, 0.15) is 0 Å². The van der Waals surface area contributed by atoms with E-state index in [2.05, 4.69) is 86.8 Å². The van der Waals surface area contributed by atoms with Crippen LogP contribution in [0.1, 0.15) is 43.4 Å². The summed E-state index contributed by atoms with van der Waals surface area (Å²) in [6.45, 7) is 4.70. The number of rotatable bonds is 4. The Morgan fingerprint density at radius 1 is 1.00 bits per heavy atom. The second-order valence-corrected chi connectivity index (χ2v) is 10.3. The second kappa shape index (κ2) is 7.89. The first-order valence-corrected chi connectivity index (χ1v) is 12.2. The van der Waals surface area contributed by atoms with Crippen LogP contribution in [-0.2, 0) is 10.8 Å². The molecule has 0 spiro atoms. The molecule has 1 aromatic heterocycles. The van der Waals surface area contributed by atoms with Crippen LogP contribution in [0.4, 0.5) is 0 Å². The Morgan fingerprint density at radius 2 is 1.83 bits per heavy atom. The smallest absolute Gasteiger partial charge is 0.161 e. The summed E-state index contributed by atoms with van der Waals surface area (Å²) in [6, 6.07) is 21.6. The predicted octanol–water partition coefficient (Wildman–Crippen LogP) is 7.11. The van der Waals surface area contributed by atoms with E-state index in [1.807, 2.05) is 12.1 Å². The summed E-state index contributed by atoms with van der Waals surface area (Å²) in [4.78, 5) is 5.07. The monoisotopic (exact) mass is 459 g/mol. The van der Waals surface area contributed by atoms with Gasteiger partial charge < -0.3 is 9.47 Å². The van der Waals surface area contributed by atoms with Gasteiger partial charge in [0, 0.05) is 27.9 Å². The number of nitrogens with zero attached hydrogens (tertiary/aromatic N) is 1. The van der Waals surface area contributed by atoms with Gasteiger partial charge in [-0.3, -0.25) is 4.98 Å². The topological polar surface area (TPSA) is 31.4 Å². The first kappa shape index (κ1) is 21.7. The zero-order valence-corrected chi connectivity index (χ0v) is 20.7. The summed E-state index contributed by atoms with van der Waals surface area (Å²) in [6.07, 6.45) is 13.1. The second-order valence-electron chi connectivity index (χ2n) is 10.3. The fourth-order valence-corrected chi connectivity index (χ4v) is 6.49. The number of hydrogen-bond acceptors (Lipinski definition) is 3. The molecule has 3 heteroatoms. The average molecular weight is 460 g/mol. The Morgan fingerprint density at radius 3 is 2.54 bits per heavy atom. The number of methoxy groups -OCH3 is 2. The minimum Gasteiger partial charge on any atom is -0.493 e. The Hall–Kier alpha value is -3.77. The molecule has 3 aromatic carbocycles. The Bertz CT molecular complexity index is 1500. The van der Waals surface area contributed by atoms with Gasteiger partial charge in [0.25, 0.3) is 0 Å². The molecule has 0 amide bonds. The van der Waals surface area contributed by atoms with Crippen LogP contribution in [0.15, 0.2) is 73.0 Å². The molecule has 2 atom stereocenters. The first-order chi connectivity index (χ1) is 17.0. The fraction of sp³-hybridized carbons (Fsp3) is 0.281. The van der Waals surface area contributed by atoms with Crippen molar-refractivity contribution in [1.82, 2.24) is 4.98 Å². The maximum Gasteiger partial charge on any atom is 0.161 e. The number of hydrogen-bond donors (Lipinski definition) is 0. The van der Waals surface area contributed by atoms with Gasteiger partial charge in [-0.15, -0.1) is 0 Å². The van der Waals surface area contributed by atoms with E-state index in [9.17, 15) is 0 Å². The molecule has 2 aliphatic rings. The summed E-state index contributed by atoms with van der Waals surface area (Å²) in [7, 11) is 3.35. The van der Waals surface area contributed by atoms with Crippen molar-refractivity contribution in [3.05, 3.63) is 102 Å². The van der Waals surface area contributed by atoms with Gasteiger partial charge in [-0.25, -0.2) is 0 Å². The number of pyridine rings is 1. The molecule has 0 fully saturated rings. The van der Waals surface area contributed by atoms with E-state index >= 15 is 0 Å². The van der Waals surface area contributed by atoms with Crippen LogP contribution in [0, 0.1) is 18.1 Å². The molecule has 0 saturated carbocycles. The minimum atomic E-state index is -0.219. The molecule has 2 aliphatic carbocycles. The number of ether oxygens (including phenoxy) is 2. The molecule has 1 heterocycles. The van der Waals surface area contributed by atoms with Crippen molar-refractivity contribution >= 4 is 21.7 Å². The lowest BCUT2D eigenvalue weighted by Crippen LogP contribution is -2.35. The molecule has 35 heavy (non-hydrogen) atoms. The third-order valence-corrected chi connectivity index (χ3v) is 8.00. The van der Waals surface area contributed by atoms with E-state index < -0.39 is 0 Å². The quantitative estimate of drug-likeness (QED) is 0.305. The molecule has 0 N–H and O–H groups in total. The molecule has 4 aromatic rings. The number of allylic oxidation sites excluding steroid dienone is 4. The fourth-order valence-electron chi connectivity index (χ4n) is 6.49. The lowest BCUT2D eigenvalue weighted by molar-refractivity contribution is 0.324. The zero-order valence-electron chi connectivity index (χ0n) is 20.7. The SMILES string of the molecule is COc1cc2ccc3c4c(cnc3c2cc1OC)C(C)(C)CC4(c1c#cccc1)C1C=CC=CC1. The number of fused-ring (bicyclic) bond motifs is 5. The summed E-state index contributed by atoms with van der Waals surface area (Å²) in [5.41, 5.74) is 4.66. The van der Waals surface area contributed by atoms with Gasteiger partial charge in [-0.05, 0) is 65.0 Å². The van der Waals surface area contributed by atoms with Crippen LogP contribution in [0.5, 0.6) is 11.5 Å². The molecule has 0 aliphatic heterocycles. The molecule has 0 bridgehead atoms. The summed E-state index contributed by atoms with van der Waals surface area (Å²) < 4.78 is 11.2. The molecule has 2 unspecified atom stereocenters. The van der Waals surface area contributed by atoms with Crippen molar-refractivity contribution in [2.45, 2.75) is 37.5 Å². The summed E-state index contributed by atoms with van der Waals surface area (Å²) >= 11 is 0. The lowest BCUT2D eigenvalue weighted by atomic mass is 9.63. The highest BCUT2D eigenvalue weighted by Gasteiger charge is 2.53. The van der Waals surface area contributed by atoms with Crippen molar-refractivity contribution in [2.24, 2.45) is 5.92 Å². The molecule has 174 valence electrons. The van der Waals surface area contributed by atoms with Crippen molar-refractivity contribution in [1.29, 1.82) is 0 Å². The van der Waals surface area contributed by atoms with Crippen molar-refractivity contribution < 1.29 is 9.47 Å². The first-order valence-electron chi connectivity index (χ1n) is 12.2. The molecule has 3 nitrogen and oxygen atoms in total. The molecule has 6 rings (SSSR count). The van der Waals surface area contributed by atoms with Gasteiger partial charge in [-0.2, -0.15) is 0 Å². The predicted molar refractivity (Wildman–Crippen MR) is 141 cm³/mol. The number of aromatic nitrogens is 1. The van der Waals surface area contributed by atoms with Crippen LogP contribution in [-0.4, -0.2) is 19.2 Å². The Labute approximate surface area is 207 Å². The molecular formula is C32H29NO2.